The summed E-state index contributed by atoms with van der Waals surface area (Å²) in [6, 6.07) is 29.3. The maximum Gasteiger partial charge on any atom is 0.222 e. The van der Waals surface area contributed by atoms with Crippen LogP contribution < -0.4 is 15.0 Å². The van der Waals surface area contributed by atoms with Crippen molar-refractivity contribution in [2.75, 3.05) is 18.6 Å². The molecule has 0 unspecified atom stereocenters. The van der Waals surface area contributed by atoms with Gasteiger partial charge in [-0.15, -0.1) is 0 Å². The number of hydrogen-bond acceptors (Lipinski definition) is 6. The Hall–Kier alpha value is -4.65. The maximum absolute atomic E-state index is 13.0. The number of hydrogen-bond donors (Lipinski definition) is 1. The molecule has 0 bridgehead atoms. The number of rotatable bonds is 10. The van der Waals surface area contributed by atoms with E-state index in [2.05, 4.69) is 10.2 Å². The Morgan fingerprint density at radius 2 is 1.71 bits per heavy atom. The summed E-state index contributed by atoms with van der Waals surface area (Å²) in [5.74, 6) is 2.89. The van der Waals surface area contributed by atoms with E-state index < -0.39 is 0 Å². The maximum atomic E-state index is 13.0. The van der Waals surface area contributed by atoms with Gasteiger partial charge in [-0.1, -0.05) is 42.5 Å². The second kappa shape index (κ2) is 11.6. The lowest BCUT2D eigenvalue weighted by Crippen LogP contribution is -2.32. The summed E-state index contributed by atoms with van der Waals surface area (Å²) in [4.78, 5) is 24.9. The van der Waals surface area contributed by atoms with Gasteiger partial charge in [0.25, 0.3) is 0 Å². The van der Waals surface area contributed by atoms with E-state index in [0.717, 1.165) is 39.4 Å². The summed E-state index contributed by atoms with van der Waals surface area (Å²) in [5, 5.41) is 4.02. The third kappa shape index (κ3) is 5.83. The minimum atomic E-state index is -0.0798. The third-order valence-corrected chi connectivity index (χ3v) is 6.44. The fraction of sp³-hybridized carbons (Fsp3) is 0.194. The SMILES string of the molecule is COc1ccc(-c2nc(N(CCC(=O)N[C@H](C)c3ccccc3)Cc3ccco3)c3ccccc3n2)cc1. The van der Waals surface area contributed by atoms with Gasteiger partial charge in [-0.25, -0.2) is 9.97 Å². The van der Waals surface area contributed by atoms with Crippen LogP contribution in [-0.2, 0) is 11.3 Å². The van der Waals surface area contributed by atoms with Crippen molar-refractivity contribution in [3.8, 4) is 17.1 Å². The lowest BCUT2D eigenvalue weighted by molar-refractivity contribution is -0.121. The van der Waals surface area contributed by atoms with Crippen molar-refractivity contribution in [2.45, 2.75) is 25.9 Å². The summed E-state index contributed by atoms with van der Waals surface area (Å²) in [6.45, 7) is 2.92. The standard InChI is InChI=1S/C31H30N4O3/c1-22(23-9-4-3-5-10-23)32-29(36)18-19-35(21-26-11-8-20-38-26)31-27-12-6-7-13-28(27)33-30(34-31)24-14-16-25(37-2)17-15-24/h3-17,20,22H,18-19,21H2,1-2H3,(H,32,36)/t22-/m1/s1. The van der Waals surface area contributed by atoms with Gasteiger partial charge in [0, 0.05) is 23.9 Å². The molecule has 3 aromatic carbocycles. The molecular formula is C31H30N4O3. The summed E-state index contributed by atoms with van der Waals surface area (Å²) in [5.41, 5.74) is 2.78. The molecule has 38 heavy (non-hydrogen) atoms. The van der Waals surface area contributed by atoms with E-state index in [1.165, 1.54) is 0 Å². The minimum absolute atomic E-state index is 0.0282. The molecule has 1 amide bonds. The largest absolute Gasteiger partial charge is 0.497 e. The van der Waals surface area contributed by atoms with Crippen LogP contribution in [0.5, 0.6) is 5.75 Å². The number of aromatic nitrogens is 2. The highest BCUT2D eigenvalue weighted by Gasteiger charge is 2.19. The van der Waals surface area contributed by atoms with Gasteiger partial charge in [0.2, 0.25) is 5.91 Å². The van der Waals surface area contributed by atoms with E-state index in [0.29, 0.717) is 25.3 Å². The van der Waals surface area contributed by atoms with Gasteiger partial charge < -0.3 is 19.4 Å². The van der Waals surface area contributed by atoms with E-state index in [1.54, 1.807) is 13.4 Å². The molecule has 5 aromatic rings. The van der Waals surface area contributed by atoms with Crippen LogP contribution in [0.1, 0.15) is 30.7 Å². The number of fused-ring (bicyclic) bond motifs is 1. The monoisotopic (exact) mass is 506 g/mol. The molecule has 0 saturated heterocycles. The number of para-hydroxylation sites is 1. The molecule has 0 aliphatic heterocycles. The third-order valence-electron chi connectivity index (χ3n) is 6.44. The number of furan rings is 1. The number of anilines is 1. The molecule has 1 atom stereocenters. The molecule has 0 spiro atoms. The lowest BCUT2D eigenvalue weighted by atomic mass is 10.1. The minimum Gasteiger partial charge on any atom is -0.497 e. The zero-order valence-electron chi connectivity index (χ0n) is 21.5. The second-order valence-corrected chi connectivity index (χ2v) is 9.07. The van der Waals surface area contributed by atoms with E-state index in [9.17, 15) is 4.79 Å². The fourth-order valence-corrected chi connectivity index (χ4v) is 4.40. The van der Waals surface area contributed by atoms with Gasteiger partial charge in [-0.05, 0) is 61.0 Å². The van der Waals surface area contributed by atoms with E-state index in [4.69, 9.17) is 19.1 Å². The van der Waals surface area contributed by atoms with Gasteiger partial charge in [0.1, 0.15) is 17.3 Å². The molecule has 0 fully saturated rings. The van der Waals surface area contributed by atoms with Crippen molar-refractivity contribution in [3.63, 3.8) is 0 Å². The fourth-order valence-electron chi connectivity index (χ4n) is 4.40. The van der Waals surface area contributed by atoms with Gasteiger partial charge >= 0.3 is 0 Å². The first-order valence-corrected chi connectivity index (χ1v) is 12.6. The zero-order chi connectivity index (χ0) is 26.3. The first kappa shape index (κ1) is 25.0. The number of benzene rings is 3. The quantitative estimate of drug-likeness (QED) is 0.244. The normalized spacial score (nSPS) is 11.7. The Morgan fingerprint density at radius 1 is 0.947 bits per heavy atom. The number of nitrogens with zero attached hydrogens (tertiary/aromatic N) is 3. The van der Waals surface area contributed by atoms with E-state index in [1.807, 2.05) is 97.9 Å². The second-order valence-electron chi connectivity index (χ2n) is 9.07. The summed E-state index contributed by atoms with van der Waals surface area (Å²) in [6.07, 6.45) is 1.96. The molecule has 2 heterocycles. The van der Waals surface area contributed by atoms with Crippen LogP contribution in [0, 0.1) is 0 Å². The highest BCUT2D eigenvalue weighted by atomic mass is 16.5. The molecule has 7 heteroatoms. The van der Waals surface area contributed by atoms with Crippen LogP contribution in [0.25, 0.3) is 22.3 Å². The Morgan fingerprint density at radius 3 is 2.45 bits per heavy atom. The van der Waals surface area contributed by atoms with Gasteiger partial charge in [0.05, 0.1) is 31.5 Å². The van der Waals surface area contributed by atoms with E-state index in [-0.39, 0.29) is 11.9 Å². The first-order valence-electron chi connectivity index (χ1n) is 12.6. The molecule has 0 aliphatic carbocycles. The molecule has 2 aromatic heterocycles. The highest BCUT2D eigenvalue weighted by molar-refractivity contribution is 5.91. The summed E-state index contributed by atoms with van der Waals surface area (Å²) < 4.78 is 11.0. The molecular weight excluding hydrogens is 476 g/mol. The van der Waals surface area contributed by atoms with Crippen molar-refractivity contribution in [3.05, 3.63) is 109 Å². The molecule has 0 aliphatic rings. The molecule has 0 saturated carbocycles. The predicted octanol–water partition coefficient (Wildman–Crippen LogP) is 6.17. The predicted molar refractivity (Wildman–Crippen MR) is 149 cm³/mol. The zero-order valence-corrected chi connectivity index (χ0v) is 21.5. The molecule has 5 rings (SSSR count). The van der Waals surface area contributed by atoms with Crippen molar-refractivity contribution in [1.82, 2.24) is 15.3 Å². The summed E-state index contributed by atoms with van der Waals surface area (Å²) in [7, 11) is 1.64. The van der Waals surface area contributed by atoms with Gasteiger partial charge in [-0.3, -0.25) is 4.79 Å². The molecule has 0 radical (unpaired) electrons. The first-order chi connectivity index (χ1) is 18.6. The smallest absolute Gasteiger partial charge is 0.222 e. The number of nitrogens with one attached hydrogen (secondary N) is 1. The number of methoxy groups -OCH3 is 1. The number of carbonyl (C=O) groups excluding carboxylic acids is 1. The number of ether oxygens (including phenoxy) is 1. The molecule has 192 valence electrons. The van der Waals surface area contributed by atoms with Crippen molar-refractivity contribution in [2.24, 2.45) is 0 Å². The number of amides is 1. The van der Waals surface area contributed by atoms with Crippen LogP contribution >= 0.6 is 0 Å². The molecule has 7 nitrogen and oxygen atoms in total. The van der Waals surface area contributed by atoms with Crippen LogP contribution in [0.4, 0.5) is 5.82 Å². The highest BCUT2D eigenvalue weighted by Crippen LogP contribution is 2.29. The van der Waals surface area contributed by atoms with Crippen molar-refractivity contribution < 1.29 is 13.9 Å². The average Bonchev–Trinajstić information content (AvgIpc) is 3.48. The Bertz CT molecular complexity index is 1490. The van der Waals surface area contributed by atoms with E-state index >= 15 is 0 Å². The number of carbonyl (C=O) groups is 1. The van der Waals surface area contributed by atoms with Crippen molar-refractivity contribution >= 4 is 22.6 Å². The Balaban J connectivity index is 1.45. The average molecular weight is 507 g/mol. The van der Waals surface area contributed by atoms with Crippen LogP contribution in [0.3, 0.4) is 0 Å². The topological polar surface area (TPSA) is 80.5 Å². The van der Waals surface area contributed by atoms with Crippen molar-refractivity contribution in [1.29, 1.82) is 0 Å². The van der Waals surface area contributed by atoms with Crippen LogP contribution in [0.2, 0.25) is 0 Å². The van der Waals surface area contributed by atoms with Gasteiger partial charge in [0.15, 0.2) is 5.82 Å². The van der Waals surface area contributed by atoms with Crippen LogP contribution in [-0.4, -0.2) is 29.5 Å². The van der Waals surface area contributed by atoms with Crippen LogP contribution in [0.15, 0.2) is 102 Å². The Labute approximate surface area is 222 Å². The summed E-state index contributed by atoms with van der Waals surface area (Å²) >= 11 is 0. The Kier molecular flexibility index (Phi) is 7.64. The van der Waals surface area contributed by atoms with Gasteiger partial charge in [-0.2, -0.15) is 0 Å². The molecule has 1 N–H and O–H groups in total. The lowest BCUT2D eigenvalue weighted by Gasteiger charge is -2.25.